The Balaban J connectivity index is 2.12. The molecule has 0 spiro atoms. The molecule has 0 aliphatic heterocycles. The number of nitriles is 1. The van der Waals surface area contributed by atoms with Gasteiger partial charge in [0.2, 0.25) is 0 Å². The van der Waals surface area contributed by atoms with Crippen molar-refractivity contribution in [3.8, 4) is 28.3 Å². The smallest absolute Gasteiger partial charge is 0.417 e. The second-order valence-electron chi connectivity index (χ2n) is 5.91. The predicted molar refractivity (Wildman–Crippen MR) is 93.0 cm³/mol. The lowest BCUT2D eigenvalue weighted by Crippen LogP contribution is -2.07. The molecule has 27 heavy (non-hydrogen) atoms. The minimum absolute atomic E-state index is 0.0311. The SMILES string of the molecule is Cn1cc(C#N)c(-c2ccc(-c3ccccc3C(F)(F)F)cc2)c1C(=O)O. The zero-order valence-electron chi connectivity index (χ0n) is 14.1. The van der Waals surface area contributed by atoms with Crippen LogP contribution in [0.25, 0.3) is 22.3 Å². The van der Waals surface area contributed by atoms with Crippen LogP contribution in [0.15, 0.2) is 54.7 Å². The van der Waals surface area contributed by atoms with Crippen LogP contribution in [0.1, 0.15) is 21.6 Å². The normalized spacial score (nSPS) is 11.2. The molecule has 0 aliphatic carbocycles. The summed E-state index contributed by atoms with van der Waals surface area (Å²) in [6.45, 7) is 0. The van der Waals surface area contributed by atoms with Crippen molar-refractivity contribution < 1.29 is 23.1 Å². The number of carboxylic acid groups (broad SMARTS) is 1. The van der Waals surface area contributed by atoms with E-state index in [9.17, 15) is 28.3 Å². The standard InChI is InChI=1S/C20H13F3N2O2/c1-25-11-14(10-24)17(18(25)19(26)27)13-8-6-12(7-9-13)15-4-2-3-5-16(15)20(21,22)23/h2-9,11H,1H3,(H,26,27). The highest BCUT2D eigenvalue weighted by atomic mass is 19.4. The van der Waals surface area contributed by atoms with Crippen LogP contribution in [0.2, 0.25) is 0 Å². The molecule has 0 fully saturated rings. The number of carboxylic acids is 1. The van der Waals surface area contributed by atoms with E-state index in [0.29, 0.717) is 11.1 Å². The lowest BCUT2D eigenvalue weighted by atomic mass is 9.95. The van der Waals surface area contributed by atoms with Crippen LogP contribution < -0.4 is 0 Å². The third-order valence-electron chi connectivity index (χ3n) is 4.22. The molecule has 0 saturated carbocycles. The van der Waals surface area contributed by atoms with Crippen molar-refractivity contribution in [2.45, 2.75) is 6.18 Å². The van der Waals surface area contributed by atoms with Gasteiger partial charge in [-0.1, -0.05) is 42.5 Å². The Morgan fingerprint density at radius 2 is 1.67 bits per heavy atom. The second-order valence-corrected chi connectivity index (χ2v) is 5.91. The van der Waals surface area contributed by atoms with Crippen LogP contribution in [-0.2, 0) is 13.2 Å². The van der Waals surface area contributed by atoms with Gasteiger partial charge in [0.1, 0.15) is 11.8 Å². The largest absolute Gasteiger partial charge is 0.477 e. The Morgan fingerprint density at radius 1 is 1.07 bits per heavy atom. The van der Waals surface area contributed by atoms with Crippen molar-refractivity contribution in [2.24, 2.45) is 7.05 Å². The van der Waals surface area contributed by atoms with Crippen molar-refractivity contribution in [2.75, 3.05) is 0 Å². The highest BCUT2D eigenvalue weighted by Crippen LogP contribution is 2.38. The summed E-state index contributed by atoms with van der Waals surface area (Å²) in [4.78, 5) is 11.5. The van der Waals surface area contributed by atoms with E-state index in [1.165, 1.54) is 60.3 Å². The van der Waals surface area contributed by atoms with E-state index in [0.717, 1.165) is 6.07 Å². The molecular weight excluding hydrogens is 357 g/mol. The number of benzene rings is 2. The second kappa shape index (κ2) is 6.65. The Labute approximate surface area is 152 Å². The molecule has 7 heteroatoms. The average molecular weight is 370 g/mol. The lowest BCUT2D eigenvalue weighted by molar-refractivity contribution is -0.137. The van der Waals surface area contributed by atoms with Gasteiger partial charge in [-0.25, -0.2) is 4.79 Å². The molecule has 2 aromatic carbocycles. The molecule has 0 unspecified atom stereocenters. The molecule has 3 aromatic rings. The Hall–Kier alpha value is -3.53. The maximum atomic E-state index is 13.2. The number of aromatic nitrogens is 1. The first-order valence-corrected chi connectivity index (χ1v) is 7.83. The van der Waals surface area contributed by atoms with Crippen LogP contribution in [-0.4, -0.2) is 15.6 Å². The van der Waals surface area contributed by atoms with E-state index in [-0.39, 0.29) is 22.4 Å². The predicted octanol–water partition coefficient (Wildman–Crippen LogP) is 4.95. The van der Waals surface area contributed by atoms with Gasteiger partial charge < -0.3 is 9.67 Å². The van der Waals surface area contributed by atoms with E-state index >= 15 is 0 Å². The molecule has 0 saturated heterocycles. The molecular formula is C20H13F3N2O2. The summed E-state index contributed by atoms with van der Waals surface area (Å²) in [7, 11) is 1.52. The summed E-state index contributed by atoms with van der Waals surface area (Å²) < 4.78 is 41.0. The zero-order valence-corrected chi connectivity index (χ0v) is 14.1. The third kappa shape index (κ3) is 3.29. The number of aryl methyl sites for hydroxylation is 1. The van der Waals surface area contributed by atoms with Crippen molar-refractivity contribution in [3.63, 3.8) is 0 Å². The van der Waals surface area contributed by atoms with E-state index in [1.807, 2.05) is 6.07 Å². The number of hydrogen-bond acceptors (Lipinski definition) is 2. The van der Waals surface area contributed by atoms with Crippen molar-refractivity contribution >= 4 is 5.97 Å². The summed E-state index contributed by atoms with van der Waals surface area (Å²) in [5.74, 6) is -1.19. The minimum atomic E-state index is -4.49. The van der Waals surface area contributed by atoms with Gasteiger partial charge in [-0.2, -0.15) is 18.4 Å². The number of aromatic carboxylic acids is 1. The minimum Gasteiger partial charge on any atom is -0.477 e. The Morgan fingerprint density at radius 3 is 2.22 bits per heavy atom. The fraction of sp³-hybridized carbons (Fsp3) is 0.100. The van der Waals surface area contributed by atoms with Crippen molar-refractivity contribution in [1.29, 1.82) is 5.26 Å². The lowest BCUT2D eigenvalue weighted by Gasteiger charge is -2.13. The Kier molecular flexibility index (Phi) is 4.50. The number of alkyl halides is 3. The van der Waals surface area contributed by atoms with Gasteiger partial charge in [0, 0.05) is 18.8 Å². The van der Waals surface area contributed by atoms with E-state index in [2.05, 4.69) is 0 Å². The number of hydrogen-bond donors (Lipinski definition) is 1. The van der Waals surface area contributed by atoms with E-state index in [4.69, 9.17) is 0 Å². The van der Waals surface area contributed by atoms with Gasteiger partial charge in [0.15, 0.2) is 0 Å². The first-order chi connectivity index (χ1) is 12.7. The maximum absolute atomic E-state index is 13.2. The highest BCUT2D eigenvalue weighted by molar-refractivity contribution is 5.97. The molecule has 0 bridgehead atoms. The molecule has 136 valence electrons. The molecule has 1 heterocycles. The van der Waals surface area contributed by atoms with E-state index < -0.39 is 17.7 Å². The molecule has 4 nitrogen and oxygen atoms in total. The third-order valence-corrected chi connectivity index (χ3v) is 4.22. The van der Waals surface area contributed by atoms with Crippen LogP contribution in [0.3, 0.4) is 0 Å². The maximum Gasteiger partial charge on any atom is 0.417 e. The quantitative estimate of drug-likeness (QED) is 0.710. The van der Waals surface area contributed by atoms with Crippen LogP contribution >= 0.6 is 0 Å². The fourth-order valence-electron chi connectivity index (χ4n) is 3.06. The number of halogens is 3. The Bertz CT molecular complexity index is 1060. The molecule has 0 radical (unpaired) electrons. The number of rotatable bonds is 3. The molecule has 1 aromatic heterocycles. The number of nitrogens with zero attached hydrogens (tertiary/aromatic N) is 2. The first kappa shape index (κ1) is 18.3. The topological polar surface area (TPSA) is 66.0 Å². The van der Waals surface area contributed by atoms with Gasteiger partial charge in [-0.05, 0) is 22.8 Å². The fourth-order valence-corrected chi connectivity index (χ4v) is 3.06. The van der Waals surface area contributed by atoms with Gasteiger partial charge in [0.05, 0.1) is 11.1 Å². The van der Waals surface area contributed by atoms with Gasteiger partial charge in [-0.15, -0.1) is 0 Å². The molecule has 3 rings (SSSR count). The van der Waals surface area contributed by atoms with Crippen LogP contribution in [0, 0.1) is 11.3 Å². The molecule has 0 amide bonds. The summed E-state index contributed by atoms with van der Waals surface area (Å²) in [5, 5.41) is 18.7. The molecule has 0 aliphatic rings. The summed E-state index contributed by atoms with van der Waals surface area (Å²) >= 11 is 0. The number of carbonyl (C=O) groups is 1. The average Bonchev–Trinajstić information content (AvgIpc) is 2.98. The zero-order chi connectivity index (χ0) is 19.8. The first-order valence-electron chi connectivity index (χ1n) is 7.83. The molecule has 1 N–H and O–H groups in total. The van der Waals surface area contributed by atoms with Crippen LogP contribution in [0.4, 0.5) is 13.2 Å². The summed E-state index contributed by atoms with van der Waals surface area (Å²) in [6.07, 6.45) is -3.08. The van der Waals surface area contributed by atoms with Crippen molar-refractivity contribution in [3.05, 3.63) is 71.5 Å². The van der Waals surface area contributed by atoms with Gasteiger partial charge >= 0.3 is 12.1 Å². The summed E-state index contributed by atoms with van der Waals surface area (Å²) in [6, 6.07) is 13.2. The van der Waals surface area contributed by atoms with Crippen molar-refractivity contribution in [1.82, 2.24) is 4.57 Å². The van der Waals surface area contributed by atoms with Gasteiger partial charge in [-0.3, -0.25) is 0 Å². The monoisotopic (exact) mass is 370 g/mol. The van der Waals surface area contributed by atoms with E-state index in [1.54, 1.807) is 0 Å². The summed E-state index contributed by atoms with van der Waals surface area (Å²) in [5.41, 5.74) is 0.428. The van der Waals surface area contributed by atoms with Crippen LogP contribution in [0.5, 0.6) is 0 Å². The molecule has 0 atom stereocenters. The van der Waals surface area contributed by atoms with Gasteiger partial charge in [0.25, 0.3) is 0 Å². The highest BCUT2D eigenvalue weighted by Gasteiger charge is 2.33.